The van der Waals surface area contributed by atoms with Gasteiger partial charge in [0.2, 0.25) is 11.8 Å². The molecule has 0 aromatic heterocycles. The highest BCUT2D eigenvalue weighted by Crippen LogP contribution is 2.33. The fourth-order valence-corrected chi connectivity index (χ4v) is 3.47. The zero-order chi connectivity index (χ0) is 16.1. The lowest BCUT2D eigenvalue weighted by Gasteiger charge is -2.33. The minimum Gasteiger partial charge on any atom is -0.481 e. The number of aliphatic carboxylic acids is 1. The molecule has 124 valence electrons. The molecule has 1 aliphatic carbocycles. The van der Waals surface area contributed by atoms with Crippen LogP contribution in [0.1, 0.15) is 45.4 Å². The van der Waals surface area contributed by atoms with Gasteiger partial charge in [-0.05, 0) is 38.5 Å². The third-order valence-electron chi connectivity index (χ3n) is 4.78. The van der Waals surface area contributed by atoms with Crippen molar-refractivity contribution in [3.05, 3.63) is 0 Å². The Morgan fingerprint density at radius 1 is 1.14 bits per heavy atom. The van der Waals surface area contributed by atoms with Gasteiger partial charge in [0, 0.05) is 25.6 Å². The van der Waals surface area contributed by atoms with Crippen LogP contribution in [-0.4, -0.2) is 47.4 Å². The van der Waals surface area contributed by atoms with E-state index in [2.05, 4.69) is 5.32 Å². The number of carboxylic acids is 1. The molecule has 2 N–H and O–H groups in total. The third-order valence-corrected chi connectivity index (χ3v) is 4.78. The van der Waals surface area contributed by atoms with E-state index in [9.17, 15) is 14.4 Å². The van der Waals surface area contributed by atoms with Crippen molar-refractivity contribution in [1.29, 1.82) is 0 Å². The number of hydrogen-bond acceptors (Lipinski definition) is 3. The smallest absolute Gasteiger partial charge is 0.306 e. The van der Waals surface area contributed by atoms with Crippen molar-refractivity contribution in [1.82, 2.24) is 10.2 Å². The summed E-state index contributed by atoms with van der Waals surface area (Å²) in [4.78, 5) is 37.4. The van der Waals surface area contributed by atoms with Crippen LogP contribution in [0.5, 0.6) is 0 Å². The number of rotatable bonds is 5. The van der Waals surface area contributed by atoms with Gasteiger partial charge in [-0.2, -0.15) is 0 Å². The summed E-state index contributed by atoms with van der Waals surface area (Å²) in [6, 6.07) is 0. The maximum absolute atomic E-state index is 12.6. The highest BCUT2D eigenvalue weighted by Gasteiger charge is 2.37. The van der Waals surface area contributed by atoms with Gasteiger partial charge in [-0.3, -0.25) is 14.4 Å². The molecule has 2 rings (SSSR count). The second-order valence-electron chi connectivity index (χ2n) is 6.46. The van der Waals surface area contributed by atoms with E-state index in [1.54, 1.807) is 4.90 Å². The molecule has 6 nitrogen and oxygen atoms in total. The first-order valence-corrected chi connectivity index (χ1v) is 8.32. The monoisotopic (exact) mass is 310 g/mol. The molecule has 22 heavy (non-hydrogen) atoms. The van der Waals surface area contributed by atoms with Gasteiger partial charge in [0.15, 0.2) is 0 Å². The first-order chi connectivity index (χ1) is 10.5. The van der Waals surface area contributed by atoms with Gasteiger partial charge in [-0.25, -0.2) is 0 Å². The predicted octanol–water partition coefficient (Wildman–Crippen LogP) is 1.25. The largest absolute Gasteiger partial charge is 0.481 e. The van der Waals surface area contributed by atoms with E-state index in [1.807, 2.05) is 6.92 Å². The summed E-state index contributed by atoms with van der Waals surface area (Å²) in [6.45, 7) is 3.84. The highest BCUT2D eigenvalue weighted by atomic mass is 16.4. The molecular weight excluding hydrogens is 284 g/mol. The average molecular weight is 310 g/mol. The molecular formula is C16H26N2O4. The van der Waals surface area contributed by atoms with Crippen LogP contribution in [0.2, 0.25) is 0 Å². The minimum atomic E-state index is -0.800. The topological polar surface area (TPSA) is 86.7 Å². The fraction of sp³-hybridized carbons (Fsp3) is 0.812. The van der Waals surface area contributed by atoms with Gasteiger partial charge in [0.25, 0.3) is 0 Å². The van der Waals surface area contributed by atoms with Crippen LogP contribution in [0.15, 0.2) is 0 Å². The third kappa shape index (κ3) is 3.99. The molecule has 1 aliphatic heterocycles. The summed E-state index contributed by atoms with van der Waals surface area (Å²) in [6.07, 6.45) is 4.24. The lowest BCUT2D eigenvalue weighted by Crippen LogP contribution is -2.47. The lowest BCUT2D eigenvalue weighted by molar-refractivity contribution is -0.142. The maximum Gasteiger partial charge on any atom is 0.306 e. The Morgan fingerprint density at radius 2 is 1.86 bits per heavy atom. The van der Waals surface area contributed by atoms with E-state index < -0.39 is 5.97 Å². The molecule has 0 bridgehead atoms. The van der Waals surface area contributed by atoms with Crippen LogP contribution in [0.3, 0.4) is 0 Å². The van der Waals surface area contributed by atoms with Crippen molar-refractivity contribution in [2.75, 3.05) is 19.6 Å². The van der Waals surface area contributed by atoms with Gasteiger partial charge in [0.1, 0.15) is 0 Å². The zero-order valence-electron chi connectivity index (χ0n) is 13.2. The van der Waals surface area contributed by atoms with Crippen molar-refractivity contribution in [3.8, 4) is 0 Å². The standard InChI is InChI=1S/C16H26N2O4/c1-2-7-17-14(19)13-4-3-8-18(10-13)15(20)11-5-6-12(9-11)16(21)22/h11-13H,2-10H2,1H3,(H,17,19)(H,21,22)/t11-,12+,13?/m1/s1. The number of carbonyl (C=O) groups is 3. The van der Waals surface area contributed by atoms with Crippen LogP contribution in [0.4, 0.5) is 0 Å². The Hall–Kier alpha value is -1.59. The predicted molar refractivity (Wildman–Crippen MR) is 81.1 cm³/mol. The van der Waals surface area contributed by atoms with E-state index in [4.69, 9.17) is 5.11 Å². The van der Waals surface area contributed by atoms with Crippen molar-refractivity contribution < 1.29 is 19.5 Å². The number of nitrogens with zero attached hydrogens (tertiary/aromatic N) is 1. The van der Waals surface area contributed by atoms with Crippen molar-refractivity contribution in [2.24, 2.45) is 17.8 Å². The summed E-state index contributed by atoms with van der Waals surface area (Å²) in [5.74, 6) is -1.42. The molecule has 2 amide bonds. The van der Waals surface area contributed by atoms with Crippen LogP contribution < -0.4 is 5.32 Å². The summed E-state index contributed by atoms with van der Waals surface area (Å²) >= 11 is 0. The summed E-state index contributed by atoms with van der Waals surface area (Å²) in [5, 5.41) is 11.9. The summed E-state index contributed by atoms with van der Waals surface area (Å²) in [7, 11) is 0. The Balaban J connectivity index is 1.88. The van der Waals surface area contributed by atoms with Crippen LogP contribution >= 0.6 is 0 Å². The van der Waals surface area contributed by atoms with E-state index in [-0.39, 0.29) is 29.6 Å². The number of carboxylic acid groups (broad SMARTS) is 1. The minimum absolute atomic E-state index is 0.0363. The zero-order valence-corrected chi connectivity index (χ0v) is 13.2. The van der Waals surface area contributed by atoms with Crippen LogP contribution in [-0.2, 0) is 14.4 Å². The van der Waals surface area contributed by atoms with Gasteiger partial charge in [-0.1, -0.05) is 6.92 Å². The van der Waals surface area contributed by atoms with Gasteiger partial charge < -0.3 is 15.3 Å². The first kappa shape index (κ1) is 16.8. The molecule has 3 atom stereocenters. The molecule has 2 fully saturated rings. The molecule has 0 radical (unpaired) electrons. The maximum atomic E-state index is 12.6. The van der Waals surface area contributed by atoms with Crippen molar-refractivity contribution in [2.45, 2.75) is 45.4 Å². The molecule has 0 aromatic carbocycles. The van der Waals surface area contributed by atoms with Crippen molar-refractivity contribution >= 4 is 17.8 Å². The van der Waals surface area contributed by atoms with E-state index >= 15 is 0 Å². The van der Waals surface area contributed by atoms with E-state index in [1.165, 1.54) is 0 Å². The van der Waals surface area contributed by atoms with Crippen molar-refractivity contribution in [3.63, 3.8) is 0 Å². The summed E-state index contributed by atoms with van der Waals surface area (Å²) < 4.78 is 0. The quantitative estimate of drug-likeness (QED) is 0.800. The average Bonchev–Trinajstić information content (AvgIpc) is 3.02. The number of amides is 2. The number of likely N-dealkylation sites (tertiary alicyclic amines) is 1. The Morgan fingerprint density at radius 3 is 2.50 bits per heavy atom. The molecule has 2 aliphatic rings. The normalized spacial score (nSPS) is 28.4. The second-order valence-corrected chi connectivity index (χ2v) is 6.46. The Labute approximate surface area is 131 Å². The molecule has 1 unspecified atom stereocenters. The Bertz CT molecular complexity index is 438. The number of piperidine rings is 1. The molecule has 6 heteroatoms. The van der Waals surface area contributed by atoms with Crippen LogP contribution in [0.25, 0.3) is 0 Å². The fourth-order valence-electron chi connectivity index (χ4n) is 3.47. The van der Waals surface area contributed by atoms with Crippen LogP contribution in [0, 0.1) is 17.8 Å². The summed E-state index contributed by atoms with van der Waals surface area (Å²) in [5.41, 5.74) is 0. The second kappa shape index (κ2) is 7.61. The number of hydrogen-bond donors (Lipinski definition) is 2. The molecule has 0 spiro atoms. The van der Waals surface area contributed by atoms with E-state index in [0.29, 0.717) is 38.9 Å². The first-order valence-electron chi connectivity index (χ1n) is 8.32. The molecule has 0 aromatic rings. The Kier molecular flexibility index (Phi) is 5.80. The SMILES string of the molecule is CCCNC(=O)C1CCCN(C(=O)[C@@H]2CC[C@H](C(=O)O)C2)C1. The van der Waals surface area contributed by atoms with Gasteiger partial charge in [0.05, 0.1) is 11.8 Å². The van der Waals surface area contributed by atoms with E-state index in [0.717, 1.165) is 19.3 Å². The molecule has 1 saturated heterocycles. The van der Waals surface area contributed by atoms with Gasteiger partial charge in [-0.15, -0.1) is 0 Å². The molecule has 1 saturated carbocycles. The lowest BCUT2D eigenvalue weighted by atomic mass is 9.95. The number of nitrogens with one attached hydrogen (secondary N) is 1. The molecule has 1 heterocycles. The number of carbonyl (C=O) groups excluding carboxylic acids is 2. The van der Waals surface area contributed by atoms with Gasteiger partial charge >= 0.3 is 5.97 Å². The highest BCUT2D eigenvalue weighted by molar-refractivity contribution is 5.83.